The van der Waals surface area contributed by atoms with Crippen LogP contribution in [0.4, 0.5) is 0 Å². The van der Waals surface area contributed by atoms with Crippen LogP contribution in [0.2, 0.25) is 0 Å². The highest BCUT2D eigenvalue weighted by atomic mass is 16.4. The standard InChI is InChI=1S/C18H12N2O2/c19-10-15-11-20(12-17(15)13-4-2-1-3-5-13)16-8-6-14(7-9-16)18(21)22/h1-9,11-12H,(H,21,22). The van der Waals surface area contributed by atoms with Crippen LogP contribution in [-0.4, -0.2) is 15.6 Å². The van der Waals surface area contributed by atoms with E-state index in [9.17, 15) is 10.1 Å². The maximum atomic E-state index is 10.9. The number of carbonyl (C=O) groups is 1. The Kier molecular flexibility index (Phi) is 3.47. The molecule has 106 valence electrons. The Balaban J connectivity index is 2.04. The number of nitriles is 1. The van der Waals surface area contributed by atoms with Gasteiger partial charge in [-0.2, -0.15) is 5.26 Å². The zero-order valence-corrected chi connectivity index (χ0v) is 11.6. The van der Waals surface area contributed by atoms with Crippen molar-refractivity contribution in [1.29, 1.82) is 5.26 Å². The van der Waals surface area contributed by atoms with Crippen molar-refractivity contribution in [1.82, 2.24) is 4.57 Å². The molecule has 0 spiro atoms. The van der Waals surface area contributed by atoms with Crippen molar-refractivity contribution in [2.24, 2.45) is 0 Å². The summed E-state index contributed by atoms with van der Waals surface area (Å²) in [6.45, 7) is 0. The van der Waals surface area contributed by atoms with Gasteiger partial charge in [0.15, 0.2) is 0 Å². The van der Waals surface area contributed by atoms with Crippen molar-refractivity contribution in [2.75, 3.05) is 0 Å². The van der Waals surface area contributed by atoms with Gasteiger partial charge in [0.25, 0.3) is 0 Å². The fourth-order valence-corrected chi connectivity index (χ4v) is 2.32. The zero-order valence-electron chi connectivity index (χ0n) is 11.6. The molecule has 0 radical (unpaired) electrons. The Labute approximate surface area is 127 Å². The van der Waals surface area contributed by atoms with Crippen molar-refractivity contribution < 1.29 is 9.90 Å². The molecule has 3 rings (SSSR count). The van der Waals surface area contributed by atoms with Gasteiger partial charge in [0.05, 0.1) is 11.1 Å². The fraction of sp³-hybridized carbons (Fsp3) is 0. The molecule has 0 aliphatic carbocycles. The average molecular weight is 288 g/mol. The molecule has 0 bridgehead atoms. The number of aromatic nitrogens is 1. The van der Waals surface area contributed by atoms with Crippen LogP contribution in [0.3, 0.4) is 0 Å². The van der Waals surface area contributed by atoms with E-state index in [1.54, 1.807) is 30.5 Å². The van der Waals surface area contributed by atoms with Crippen LogP contribution in [0, 0.1) is 11.3 Å². The van der Waals surface area contributed by atoms with Gasteiger partial charge in [-0.15, -0.1) is 0 Å². The maximum Gasteiger partial charge on any atom is 0.335 e. The molecule has 2 aromatic carbocycles. The molecule has 0 amide bonds. The zero-order chi connectivity index (χ0) is 15.5. The third-order valence-electron chi connectivity index (χ3n) is 3.44. The van der Waals surface area contributed by atoms with Crippen molar-refractivity contribution >= 4 is 5.97 Å². The molecule has 0 saturated heterocycles. The topological polar surface area (TPSA) is 66.0 Å². The summed E-state index contributed by atoms with van der Waals surface area (Å²) in [6, 6.07) is 18.4. The molecule has 0 aliphatic heterocycles. The number of aromatic carboxylic acids is 1. The monoisotopic (exact) mass is 288 g/mol. The normalized spacial score (nSPS) is 10.1. The van der Waals surface area contributed by atoms with Gasteiger partial charge in [-0.1, -0.05) is 30.3 Å². The van der Waals surface area contributed by atoms with Crippen LogP contribution >= 0.6 is 0 Å². The predicted octanol–water partition coefficient (Wildman–Crippen LogP) is 3.71. The smallest absolute Gasteiger partial charge is 0.335 e. The number of nitrogens with zero attached hydrogens (tertiary/aromatic N) is 2. The Morgan fingerprint density at radius 1 is 1.00 bits per heavy atom. The van der Waals surface area contributed by atoms with Gasteiger partial charge >= 0.3 is 5.97 Å². The Bertz CT molecular complexity index is 856. The first-order valence-electron chi connectivity index (χ1n) is 6.70. The largest absolute Gasteiger partial charge is 0.478 e. The van der Waals surface area contributed by atoms with Crippen LogP contribution in [-0.2, 0) is 0 Å². The average Bonchev–Trinajstić information content (AvgIpc) is 3.00. The number of benzene rings is 2. The minimum absolute atomic E-state index is 0.236. The number of hydrogen-bond donors (Lipinski definition) is 1. The van der Waals surface area contributed by atoms with Crippen LogP contribution in [0.15, 0.2) is 67.0 Å². The van der Waals surface area contributed by atoms with E-state index in [1.807, 2.05) is 41.1 Å². The second-order valence-electron chi connectivity index (χ2n) is 4.82. The molecule has 0 atom stereocenters. The number of carboxylic acids is 1. The quantitative estimate of drug-likeness (QED) is 0.798. The van der Waals surface area contributed by atoms with E-state index >= 15 is 0 Å². The van der Waals surface area contributed by atoms with Gasteiger partial charge in [0, 0.05) is 23.6 Å². The molecule has 3 aromatic rings. The van der Waals surface area contributed by atoms with Crippen molar-refractivity contribution in [3.8, 4) is 22.9 Å². The van der Waals surface area contributed by atoms with Crippen molar-refractivity contribution in [3.05, 3.63) is 78.1 Å². The lowest BCUT2D eigenvalue weighted by Gasteiger charge is -2.03. The first-order chi connectivity index (χ1) is 10.7. The van der Waals surface area contributed by atoms with E-state index in [1.165, 1.54) is 0 Å². The summed E-state index contributed by atoms with van der Waals surface area (Å²) in [5.74, 6) is -0.957. The van der Waals surface area contributed by atoms with Crippen LogP contribution in [0.25, 0.3) is 16.8 Å². The van der Waals surface area contributed by atoms with E-state index in [0.29, 0.717) is 5.56 Å². The van der Waals surface area contributed by atoms with E-state index < -0.39 is 5.97 Å². The Morgan fingerprint density at radius 3 is 2.27 bits per heavy atom. The molecule has 22 heavy (non-hydrogen) atoms. The molecule has 0 aliphatic rings. The SMILES string of the molecule is N#Cc1cn(-c2ccc(C(=O)O)cc2)cc1-c1ccccc1. The predicted molar refractivity (Wildman–Crippen MR) is 82.9 cm³/mol. The summed E-state index contributed by atoms with van der Waals surface area (Å²) in [6.07, 6.45) is 3.63. The highest BCUT2D eigenvalue weighted by Crippen LogP contribution is 2.26. The van der Waals surface area contributed by atoms with Gasteiger partial charge in [-0.3, -0.25) is 0 Å². The van der Waals surface area contributed by atoms with Gasteiger partial charge in [-0.25, -0.2) is 4.79 Å². The summed E-state index contributed by atoms with van der Waals surface area (Å²) in [4.78, 5) is 10.9. The van der Waals surface area contributed by atoms with Gasteiger partial charge in [-0.05, 0) is 29.8 Å². The molecular weight excluding hydrogens is 276 g/mol. The maximum absolute atomic E-state index is 10.9. The van der Waals surface area contributed by atoms with Gasteiger partial charge < -0.3 is 9.67 Å². The minimum Gasteiger partial charge on any atom is -0.478 e. The Morgan fingerprint density at radius 2 is 1.68 bits per heavy atom. The van der Waals surface area contributed by atoms with E-state index in [2.05, 4.69) is 6.07 Å². The minimum atomic E-state index is -0.957. The van der Waals surface area contributed by atoms with E-state index in [-0.39, 0.29) is 5.56 Å². The summed E-state index contributed by atoms with van der Waals surface area (Å²) < 4.78 is 1.83. The van der Waals surface area contributed by atoms with Gasteiger partial charge in [0.1, 0.15) is 6.07 Å². The lowest BCUT2D eigenvalue weighted by atomic mass is 10.1. The fourth-order valence-electron chi connectivity index (χ4n) is 2.32. The summed E-state index contributed by atoms with van der Waals surface area (Å²) in [5.41, 5.74) is 3.45. The van der Waals surface area contributed by atoms with Gasteiger partial charge in [0.2, 0.25) is 0 Å². The summed E-state index contributed by atoms with van der Waals surface area (Å²) in [5, 5.41) is 18.2. The van der Waals surface area contributed by atoms with E-state index in [0.717, 1.165) is 16.8 Å². The molecule has 0 unspecified atom stereocenters. The number of carboxylic acid groups (broad SMARTS) is 1. The Hall–Kier alpha value is -3.32. The lowest BCUT2D eigenvalue weighted by Crippen LogP contribution is -1.97. The second-order valence-corrected chi connectivity index (χ2v) is 4.82. The molecule has 4 nitrogen and oxygen atoms in total. The lowest BCUT2D eigenvalue weighted by molar-refractivity contribution is 0.0697. The first kappa shape index (κ1) is 13.7. The van der Waals surface area contributed by atoms with Crippen molar-refractivity contribution in [3.63, 3.8) is 0 Å². The number of hydrogen-bond acceptors (Lipinski definition) is 2. The first-order valence-corrected chi connectivity index (χ1v) is 6.70. The third kappa shape index (κ3) is 2.48. The number of rotatable bonds is 3. The summed E-state index contributed by atoms with van der Waals surface area (Å²) >= 11 is 0. The second kappa shape index (κ2) is 5.58. The molecule has 0 saturated carbocycles. The third-order valence-corrected chi connectivity index (χ3v) is 3.44. The molecule has 1 aromatic heterocycles. The highest BCUT2D eigenvalue weighted by molar-refractivity contribution is 5.87. The molecular formula is C18H12N2O2. The molecule has 1 heterocycles. The molecule has 4 heteroatoms. The van der Waals surface area contributed by atoms with Crippen LogP contribution in [0.1, 0.15) is 15.9 Å². The van der Waals surface area contributed by atoms with Crippen LogP contribution in [0.5, 0.6) is 0 Å². The molecule has 0 fully saturated rings. The molecule has 1 N–H and O–H groups in total. The summed E-state index contributed by atoms with van der Waals surface area (Å²) in [7, 11) is 0. The van der Waals surface area contributed by atoms with Crippen LogP contribution < -0.4 is 0 Å². The highest BCUT2D eigenvalue weighted by Gasteiger charge is 2.10. The van der Waals surface area contributed by atoms with E-state index in [4.69, 9.17) is 5.11 Å². The van der Waals surface area contributed by atoms with Crippen molar-refractivity contribution in [2.45, 2.75) is 0 Å².